The number of aliphatic hydroxyl groups excluding tert-OH is 1. The maximum atomic E-state index is 13.0. The Kier molecular flexibility index (Phi) is 14.0. The summed E-state index contributed by atoms with van der Waals surface area (Å²) in [5.74, 6) is 1.81. The van der Waals surface area contributed by atoms with Crippen molar-refractivity contribution in [3.05, 3.63) is 47.1 Å². The Balaban J connectivity index is 2.04. The highest BCUT2D eigenvalue weighted by molar-refractivity contribution is 6.30. The molecule has 4 atom stereocenters. The van der Waals surface area contributed by atoms with Crippen molar-refractivity contribution in [2.75, 3.05) is 32.8 Å². The number of amides is 1. The summed E-state index contributed by atoms with van der Waals surface area (Å²) in [6.07, 6.45) is 3.13. The monoisotopic (exact) mass is 563 g/mol. The number of anilines is 1. The summed E-state index contributed by atoms with van der Waals surface area (Å²) in [5, 5.41) is 14.4. The Bertz CT molecular complexity index is 1000. The molecule has 0 aliphatic heterocycles. The molecule has 1 aromatic heterocycles. The number of carbonyl (C=O) groups is 1. The standard InChI is InChI=1S/C30H46ClN3O5/c1-19(2)22(14-21-8-10-27(38-6)28(15-21)39-13-7-12-37-5)16-25(32)26(35)17-24(20(3)4)30(36)34-29-11-9-23(31)18-33-29/h8-11,15,18-20,22,24-26,35H,7,12-14,16-17,32H2,1-6H3,(H,33,34,36). The van der Waals surface area contributed by atoms with Crippen molar-refractivity contribution in [2.45, 2.75) is 65.5 Å². The quantitative estimate of drug-likeness (QED) is 0.222. The van der Waals surface area contributed by atoms with Gasteiger partial charge >= 0.3 is 0 Å². The number of pyridine rings is 1. The number of hydrogen-bond acceptors (Lipinski definition) is 7. The molecule has 4 N–H and O–H groups in total. The molecule has 9 heteroatoms. The molecule has 1 heterocycles. The third-order valence-corrected chi connectivity index (χ3v) is 7.33. The van der Waals surface area contributed by atoms with E-state index in [1.54, 1.807) is 26.4 Å². The van der Waals surface area contributed by atoms with Crippen molar-refractivity contribution in [3.63, 3.8) is 0 Å². The van der Waals surface area contributed by atoms with Gasteiger partial charge in [0.2, 0.25) is 5.91 Å². The molecule has 0 aliphatic carbocycles. The molecule has 1 aromatic carbocycles. The van der Waals surface area contributed by atoms with Crippen molar-refractivity contribution >= 4 is 23.3 Å². The van der Waals surface area contributed by atoms with Crippen LogP contribution in [-0.2, 0) is 16.0 Å². The second kappa shape index (κ2) is 16.7. The van der Waals surface area contributed by atoms with Gasteiger partial charge in [-0.2, -0.15) is 0 Å². The van der Waals surface area contributed by atoms with Crippen LogP contribution in [0, 0.1) is 23.7 Å². The zero-order valence-electron chi connectivity index (χ0n) is 24.2. The number of rotatable bonds is 17. The van der Waals surface area contributed by atoms with E-state index in [0.717, 1.165) is 18.4 Å². The predicted molar refractivity (Wildman–Crippen MR) is 156 cm³/mol. The van der Waals surface area contributed by atoms with Crippen LogP contribution in [0.5, 0.6) is 11.5 Å². The fourth-order valence-corrected chi connectivity index (χ4v) is 4.64. The number of aromatic nitrogens is 1. The number of nitrogens with one attached hydrogen (secondary N) is 1. The van der Waals surface area contributed by atoms with E-state index in [-0.39, 0.29) is 24.2 Å². The minimum atomic E-state index is -0.821. The van der Waals surface area contributed by atoms with Crippen LogP contribution in [0.2, 0.25) is 5.02 Å². The minimum absolute atomic E-state index is 0.0154. The van der Waals surface area contributed by atoms with Gasteiger partial charge in [-0.1, -0.05) is 45.4 Å². The zero-order valence-corrected chi connectivity index (χ0v) is 24.9. The Labute approximate surface area is 238 Å². The summed E-state index contributed by atoms with van der Waals surface area (Å²) in [6.45, 7) is 9.44. The Morgan fingerprint density at radius 3 is 2.38 bits per heavy atom. The topological polar surface area (TPSA) is 116 Å². The molecular formula is C30H46ClN3O5. The Morgan fingerprint density at radius 2 is 1.79 bits per heavy atom. The number of nitrogens with zero attached hydrogens (tertiary/aromatic N) is 1. The average molecular weight is 564 g/mol. The van der Waals surface area contributed by atoms with Gasteiger partial charge in [0.15, 0.2) is 11.5 Å². The van der Waals surface area contributed by atoms with E-state index < -0.39 is 18.1 Å². The molecule has 2 rings (SSSR count). The zero-order chi connectivity index (χ0) is 28.9. The van der Waals surface area contributed by atoms with E-state index in [1.807, 2.05) is 32.0 Å². The van der Waals surface area contributed by atoms with Crippen LogP contribution in [0.3, 0.4) is 0 Å². The van der Waals surface area contributed by atoms with Gasteiger partial charge in [-0.15, -0.1) is 0 Å². The summed E-state index contributed by atoms with van der Waals surface area (Å²) in [4.78, 5) is 17.1. The lowest BCUT2D eigenvalue weighted by atomic mass is 9.81. The van der Waals surface area contributed by atoms with Crippen LogP contribution >= 0.6 is 11.6 Å². The van der Waals surface area contributed by atoms with E-state index in [2.05, 4.69) is 24.1 Å². The van der Waals surface area contributed by atoms with E-state index in [9.17, 15) is 9.90 Å². The van der Waals surface area contributed by atoms with Crippen molar-refractivity contribution < 1.29 is 24.1 Å². The van der Waals surface area contributed by atoms with E-state index >= 15 is 0 Å². The van der Waals surface area contributed by atoms with Crippen molar-refractivity contribution in [2.24, 2.45) is 29.4 Å². The van der Waals surface area contributed by atoms with Crippen LogP contribution in [-0.4, -0.2) is 55.6 Å². The SMILES string of the molecule is COCCCOc1cc(CC(CC(N)C(O)CC(C(=O)Nc2ccc(Cl)cn2)C(C)C)C(C)C)ccc1OC. The number of aliphatic hydroxyl groups is 1. The molecule has 1 amide bonds. The van der Waals surface area contributed by atoms with Crippen LogP contribution in [0.15, 0.2) is 36.5 Å². The summed E-state index contributed by atoms with van der Waals surface area (Å²) >= 11 is 5.89. The predicted octanol–water partition coefficient (Wildman–Crippen LogP) is 5.35. The first kappa shape index (κ1) is 32.8. The molecule has 4 unspecified atom stereocenters. The van der Waals surface area contributed by atoms with Gasteiger partial charge in [0.25, 0.3) is 0 Å². The van der Waals surface area contributed by atoms with Gasteiger partial charge in [-0.05, 0) is 66.8 Å². The third kappa shape index (κ3) is 11.0. The van der Waals surface area contributed by atoms with Crippen LogP contribution in [0.1, 0.15) is 52.5 Å². The molecule has 0 bridgehead atoms. The number of hydrogen-bond donors (Lipinski definition) is 3. The fourth-order valence-electron chi connectivity index (χ4n) is 4.53. The average Bonchev–Trinajstić information content (AvgIpc) is 2.90. The van der Waals surface area contributed by atoms with Crippen molar-refractivity contribution in [1.82, 2.24) is 4.98 Å². The number of halogens is 1. The maximum Gasteiger partial charge on any atom is 0.228 e. The smallest absolute Gasteiger partial charge is 0.228 e. The molecule has 0 saturated carbocycles. The highest BCUT2D eigenvalue weighted by atomic mass is 35.5. The molecule has 0 spiro atoms. The highest BCUT2D eigenvalue weighted by Crippen LogP contribution is 2.32. The summed E-state index contributed by atoms with van der Waals surface area (Å²) < 4.78 is 16.5. The first-order valence-corrected chi connectivity index (χ1v) is 14.1. The first-order chi connectivity index (χ1) is 18.5. The van der Waals surface area contributed by atoms with Gasteiger partial charge in [-0.25, -0.2) is 4.98 Å². The number of benzene rings is 1. The highest BCUT2D eigenvalue weighted by Gasteiger charge is 2.30. The molecule has 0 aliphatic rings. The van der Waals surface area contributed by atoms with Crippen LogP contribution < -0.4 is 20.5 Å². The molecular weight excluding hydrogens is 518 g/mol. The van der Waals surface area contributed by atoms with E-state index in [4.69, 9.17) is 31.5 Å². The van der Waals surface area contributed by atoms with Crippen molar-refractivity contribution in [1.29, 1.82) is 0 Å². The normalized spacial score (nSPS) is 14.6. The molecule has 2 aromatic rings. The van der Waals surface area contributed by atoms with Crippen LogP contribution in [0.25, 0.3) is 0 Å². The number of methoxy groups -OCH3 is 2. The fraction of sp³-hybridized carbons (Fsp3) is 0.600. The molecule has 0 fully saturated rings. The van der Waals surface area contributed by atoms with Gasteiger partial charge in [-0.3, -0.25) is 4.79 Å². The Hall–Kier alpha value is -2.39. The summed E-state index contributed by atoms with van der Waals surface area (Å²) in [7, 11) is 3.30. The number of ether oxygens (including phenoxy) is 3. The Morgan fingerprint density at radius 1 is 1.05 bits per heavy atom. The molecule has 0 saturated heterocycles. The van der Waals surface area contributed by atoms with E-state index in [0.29, 0.717) is 47.9 Å². The lowest BCUT2D eigenvalue weighted by Gasteiger charge is -2.30. The van der Waals surface area contributed by atoms with E-state index in [1.165, 1.54) is 6.20 Å². The van der Waals surface area contributed by atoms with Gasteiger partial charge in [0, 0.05) is 38.3 Å². The third-order valence-electron chi connectivity index (χ3n) is 7.10. The molecule has 0 radical (unpaired) electrons. The second-order valence-corrected chi connectivity index (χ2v) is 11.2. The van der Waals surface area contributed by atoms with Gasteiger partial charge < -0.3 is 30.4 Å². The number of carbonyl (C=O) groups excluding carboxylic acids is 1. The summed E-state index contributed by atoms with van der Waals surface area (Å²) in [6, 6.07) is 8.85. The second-order valence-electron chi connectivity index (χ2n) is 10.8. The first-order valence-electron chi connectivity index (χ1n) is 13.7. The summed E-state index contributed by atoms with van der Waals surface area (Å²) in [5.41, 5.74) is 7.65. The number of nitrogens with two attached hydrogens (primary N) is 1. The lowest BCUT2D eigenvalue weighted by Crippen LogP contribution is -2.41. The molecule has 218 valence electrons. The maximum absolute atomic E-state index is 13.0. The van der Waals surface area contributed by atoms with Gasteiger partial charge in [0.1, 0.15) is 5.82 Å². The van der Waals surface area contributed by atoms with Crippen molar-refractivity contribution in [3.8, 4) is 11.5 Å². The van der Waals surface area contributed by atoms with Gasteiger partial charge in [0.05, 0.1) is 24.8 Å². The minimum Gasteiger partial charge on any atom is -0.493 e. The van der Waals surface area contributed by atoms with Crippen LogP contribution in [0.4, 0.5) is 5.82 Å². The molecule has 39 heavy (non-hydrogen) atoms. The lowest BCUT2D eigenvalue weighted by molar-refractivity contribution is -0.122. The molecule has 8 nitrogen and oxygen atoms in total. The largest absolute Gasteiger partial charge is 0.493 e.